The maximum Gasteiger partial charge on any atom is 0.332 e. The fourth-order valence-corrected chi connectivity index (χ4v) is 4.22. The summed E-state index contributed by atoms with van der Waals surface area (Å²) in [5.41, 5.74) is 0.451. The van der Waals surface area contributed by atoms with Crippen molar-refractivity contribution in [2.45, 2.75) is 71.4 Å². The minimum Gasteiger partial charge on any atom is -0.379 e. The van der Waals surface area contributed by atoms with Crippen molar-refractivity contribution < 1.29 is 4.74 Å². The number of nitrogens with zero attached hydrogens (tertiary/aromatic N) is 5. The van der Waals surface area contributed by atoms with Crippen LogP contribution in [0.1, 0.15) is 64.1 Å². The van der Waals surface area contributed by atoms with Crippen molar-refractivity contribution in [3.63, 3.8) is 0 Å². The van der Waals surface area contributed by atoms with E-state index in [0.717, 1.165) is 51.5 Å². The van der Waals surface area contributed by atoms with Crippen LogP contribution in [0.25, 0.3) is 11.2 Å². The van der Waals surface area contributed by atoms with Crippen molar-refractivity contribution in [1.29, 1.82) is 0 Å². The van der Waals surface area contributed by atoms with Gasteiger partial charge < -0.3 is 9.30 Å². The number of hydrogen-bond donors (Lipinski definition) is 0. The van der Waals surface area contributed by atoms with Gasteiger partial charge in [-0.15, -0.1) is 0 Å². The lowest BCUT2D eigenvalue weighted by Gasteiger charge is -2.26. The zero-order valence-corrected chi connectivity index (χ0v) is 18.9. The second-order valence-electron chi connectivity index (χ2n) is 8.42. The van der Waals surface area contributed by atoms with E-state index in [4.69, 9.17) is 9.72 Å². The first-order valence-electron chi connectivity index (χ1n) is 11.5. The predicted molar refractivity (Wildman–Crippen MR) is 119 cm³/mol. The molecule has 1 fully saturated rings. The van der Waals surface area contributed by atoms with E-state index >= 15 is 0 Å². The lowest BCUT2D eigenvalue weighted by molar-refractivity contribution is 0.0326. The summed E-state index contributed by atoms with van der Waals surface area (Å²) in [6.45, 7) is 6.84. The topological polar surface area (TPSA) is 74.3 Å². The number of rotatable bonds is 11. The molecule has 0 N–H and O–H groups in total. The molecule has 8 nitrogen and oxygen atoms in total. The van der Waals surface area contributed by atoms with Gasteiger partial charge in [-0.3, -0.25) is 18.8 Å². The van der Waals surface area contributed by atoms with Crippen LogP contribution in [-0.2, 0) is 31.9 Å². The normalized spacial score (nSPS) is 15.3. The Morgan fingerprint density at radius 3 is 2.20 bits per heavy atom. The van der Waals surface area contributed by atoms with E-state index in [1.165, 1.54) is 47.7 Å². The van der Waals surface area contributed by atoms with Crippen LogP contribution >= 0.6 is 0 Å². The second-order valence-corrected chi connectivity index (χ2v) is 8.42. The molecule has 0 amide bonds. The van der Waals surface area contributed by atoms with E-state index in [2.05, 4.69) is 16.4 Å². The first-order valence-corrected chi connectivity index (χ1v) is 11.5. The number of hydrogen-bond acceptors (Lipinski definition) is 5. The van der Waals surface area contributed by atoms with Crippen molar-refractivity contribution >= 4 is 11.2 Å². The minimum atomic E-state index is -0.331. The van der Waals surface area contributed by atoms with Crippen LogP contribution in [0, 0.1) is 0 Å². The Morgan fingerprint density at radius 1 is 0.900 bits per heavy atom. The van der Waals surface area contributed by atoms with Gasteiger partial charge in [-0.25, -0.2) is 9.78 Å². The molecule has 0 spiro atoms. The summed E-state index contributed by atoms with van der Waals surface area (Å²) in [5, 5.41) is 0. The van der Waals surface area contributed by atoms with Gasteiger partial charge in [0.05, 0.1) is 19.8 Å². The highest BCUT2D eigenvalue weighted by molar-refractivity contribution is 5.71. The van der Waals surface area contributed by atoms with Crippen LogP contribution in [0.3, 0.4) is 0 Å². The van der Waals surface area contributed by atoms with Gasteiger partial charge in [0.25, 0.3) is 5.56 Å². The van der Waals surface area contributed by atoms with Gasteiger partial charge in [-0.1, -0.05) is 51.9 Å². The van der Waals surface area contributed by atoms with Gasteiger partial charge in [0.1, 0.15) is 5.82 Å². The number of morpholine rings is 1. The molecule has 1 saturated heterocycles. The average molecular weight is 420 g/mol. The maximum absolute atomic E-state index is 12.9. The molecule has 0 bridgehead atoms. The highest BCUT2D eigenvalue weighted by Crippen LogP contribution is 2.16. The number of imidazole rings is 1. The lowest BCUT2D eigenvalue weighted by Crippen LogP contribution is -2.37. The summed E-state index contributed by atoms with van der Waals surface area (Å²) >= 11 is 0. The first-order chi connectivity index (χ1) is 14.5. The van der Waals surface area contributed by atoms with Gasteiger partial charge in [0, 0.05) is 33.7 Å². The van der Waals surface area contributed by atoms with Gasteiger partial charge in [0.2, 0.25) is 0 Å². The Balaban J connectivity index is 1.78. The van der Waals surface area contributed by atoms with Crippen molar-refractivity contribution in [2.75, 3.05) is 26.3 Å². The molecule has 0 aromatic carbocycles. The van der Waals surface area contributed by atoms with Crippen molar-refractivity contribution in [3.05, 3.63) is 26.7 Å². The van der Waals surface area contributed by atoms with Crippen LogP contribution in [0.2, 0.25) is 0 Å². The van der Waals surface area contributed by atoms with Gasteiger partial charge in [-0.05, 0) is 6.42 Å². The molecule has 0 unspecified atom stereocenters. The standard InChI is InChI=1S/C22H37N5O3/c1-4-5-6-7-8-9-10-11-12-27-18(17-26-13-15-30-16-14-26)23-20-19(27)21(28)25(3)22(29)24(20)2/h4-17H2,1-3H3. The third kappa shape index (κ3) is 5.21. The quantitative estimate of drug-likeness (QED) is 0.523. The molecule has 3 heterocycles. The summed E-state index contributed by atoms with van der Waals surface area (Å²) in [5.74, 6) is 0.869. The van der Waals surface area contributed by atoms with E-state index in [-0.39, 0.29) is 11.2 Å². The molecule has 30 heavy (non-hydrogen) atoms. The van der Waals surface area contributed by atoms with Crippen LogP contribution in [-0.4, -0.2) is 49.9 Å². The van der Waals surface area contributed by atoms with Crippen LogP contribution in [0.5, 0.6) is 0 Å². The molecule has 0 atom stereocenters. The Labute approximate surface area is 178 Å². The number of unbranched alkanes of at least 4 members (excludes halogenated alkanes) is 7. The molecule has 1 aliphatic rings. The molecule has 0 radical (unpaired) electrons. The molecule has 0 saturated carbocycles. The lowest BCUT2D eigenvalue weighted by atomic mass is 10.1. The van der Waals surface area contributed by atoms with E-state index in [1.807, 2.05) is 0 Å². The largest absolute Gasteiger partial charge is 0.379 e. The predicted octanol–water partition coefficient (Wildman–Crippen LogP) is 2.41. The minimum absolute atomic E-state index is 0.256. The summed E-state index contributed by atoms with van der Waals surface area (Å²) in [6.07, 6.45) is 9.91. The molecule has 1 aliphatic heterocycles. The summed E-state index contributed by atoms with van der Waals surface area (Å²) in [7, 11) is 3.23. The average Bonchev–Trinajstić information content (AvgIpc) is 3.11. The smallest absolute Gasteiger partial charge is 0.332 e. The summed E-state index contributed by atoms with van der Waals surface area (Å²) < 4.78 is 10.2. The Bertz CT molecular complexity index is 937. The Kier molecular flexibility index (Phi) is 8.27. The number of aromatic nitrogens is 4. The fourth-order valence-electron chi connectivity index (χ4n) is 4.22. The molecule has 2 aromatic heterocycles. The number of ether oxygens (including phenoxy) is 1. The maximum atomic E-state index is 12.9. The number of aryl methyl sites for hydroxylation is 2. The zero-order valence-electron chi connectivity index (χ0n) is 18.9. The van der Waals surface area contributed by atoms with Crippen LogP contribution in [0.4, 0.5) is 0 Å². The molecule has 168 valence electrons. The second kappa shape index (κ2) is 10.9. The molecular weight excluding hydrogens is 382 g/mol. The SMILES string of the molecule is CCCCCCCCCCn1c(CN2CCOCC2)nc2c1c(=O)n(C)c(=O)n2C. The number of fused-ring (bicyclic) bond motifs is 1. The van der Waals surface area contributed by atoms with Gasteiger partial charge in [-0.2, -0.15) is 0 Å². The molecule has 8 heteroatoms. The highest BCUT2D eigenvalue weighted by Gasteiger charge is 2.21. The molecular formula is C22H37N5O3. The summed E-state index contributed by atoms with van der Waals surface area (Å²) in [4.78, 5) is 32.3. The first kappa shape index (κ1) is 22.7. The van der Waals surface area contributed by atoms with Crippen molar-refractivity contribution in [1.82, 2.24) is 23.6 Å². The van der Waals surface area contributed by atoms with E-state index in [0.29, 0.717) is 17.7 Å². The zero-order chi connectivity index (χ0) is 21.5. The van der Waals surface area contributed by atoms with Gasteiger partial charge in [0.15, 0.2) is 11.2 Å². The van der Waals surface area contributed by atoms with Crippen molar-refractivity contribution in [3.8, 4) is 0 Å². The van der Waals surface area contributed by atoms with Crippen LogP contribution in [0.15, 0.2) is 9.59 Å². The Hall–Kier alpha value is -1.93. The van der Waals surface area contributed by atoms with Crippen molar-refractivity contribution in [2.24, 2.45) is 14.1 Å². The van der Waals surface area contributed by atoms with E-state index < -0.39 is 0 Å². The highest BCUT2D eigenvalue weighted by atomic mass is 16.5. The Morgan fingerprint density at radius 2 is 1.53 bits per heavy atom. The molecule has 3 rings (SSSR count). The van der Waals surface area contributed by atoms with Crippen LogP contribution < -0.4 is 11.2 Å². The molecule has 2 aromatic rings. The molecule has 0 aliphatic carbocycles. The van der Waals surface area contributed by atoms with E-state index in [9.17, 15) is 9.59 Å². The van der Waals surface area contributed by atoms with E-state index in [1.54, 1.807) is 14.1 Å². The monoisotopic (exact) mass is 419 g/mol. The third-order valence-corrected chi connectivity index (χ3v) is 6.13. The van der Waals surface area contributed by atoms with Gasteiger partial charge >= 0.3 is 5.69 Å². The fraction of sp³-hybridized carbons (Fsp3) is 0.773. The summed E-state index contributed by atoms with van der Waals surface area (Å²) in [6, 6.07) is 0. The third-order valence-electron chi connectivity index (χ3n) is 6.13.